The number of aromatic nitrogens is 5. The summed E-state index contributed by atoms with van der Waals surface area (Å²) in [5.41, 5.74) is 10.2. The number of aromatic amines is 2. The van der Waals surface area contributed by atoms with Crippen LogP contribution in [0.5, 0.6) is 0 Å². The smallest absolute Gasteiger partial charge is 0.135 e. The zero-order valence-electron chi connectivity index (χ0n) is 26.6. The molecule has 2 aromatic carbocycles. The Hall–Kier alpha value is -5.09. The second kappa shape index (κ2) is 13.7. The molecule has 47 heavy (non-hydrogen) atoms. The number of pyridine rings is 2. The van der Waals surface area contributed by atoms with Crippen LogP contribution in [-0.2, 0) is 13.1 Å². The average molecular weight is 644 g/mol. The molecule has 9 heteroatoms. The van der Waals surface area contributed by atoms with Crippen LogP contribution >= 0.6 is 9.39 Å². The number of allylic oxidation sites excluding steroid dienone is 3. The Labute approximate surface area is 275 Å². The highest BCUT2D eigenvalue weighted by atomic mass is 32.2. The number of halogens is 1. The Morgan fingerprint density at radius 2 is 1.79 bits per heavy atom. The first-order valence-corrected chi connectivity index (χ1v) is 17.6. The second-order valence-electron chi connectivity index (χ2n) is 11.7. The van der Waals surface area contributed by atoms with Crippen molar-refractivity contribution in [2.24, 2.45) is 0 Å². The van der Waals surface area contributed by atoms with E-state index < -0.39 is 9.39 Å². The Morgan fingerprint density at radius 1 is 0.957 bits per heavy atom. The van der Waals surface area contributed by atoms with E-state index in [1.807, 2.05) is 73.9 Å². The van der Waals surface area contributed by atoms with Gasteiger partial charge < -0.3 is 10.3 Å². The molecular weight excluding hydrogens is 606 g/mol. The summed E-state index contributed by atoms with van der Waals surface area (Å²) in [7, 11) is -1.44. The van der Waals surface area contributed by atoms with Crippen LogP contribution in [0.1, 0.15) is 23.7 Å². The molecule has 6 rings (SSSR count). The first-order valence-electron chi connectivity index (χ1n) is 15.3. The first-order chi connectivity index (χ1) is 22.7. The number of H-pyrrole nitrogens is 2. The van der Waals surface area contributed by atoms with E-state index in [9.17, 15) is 4.39 Å². The molecule has 0 saturated heterocycles. The van der Waals surface area contributed by atoms with E-state index in [1.54, 1.807) is 6.20 Å². The predicted octanol–water partition coefficient (Wildman–Crippen LogP) is 7.92. The van der Waals surface area contributed by atoms with Crippen LogP contribution in [-0.4, -0.2) is 49.7 Å². The molecule has 238 valence electrons. The summed E-state index contributed by atoms with van der Waals surface area (Å²) in [6, 6.07) is 23.2. The monoisotopic (exact) mass is 643 g/mol. The summed E-state index contributed by atoms with van der Waals surface area (Å²) in [4.78, 5) is 13.2. The summed E-state index contributed by atoms with van der Waals surface area (Å²) in [5, 5.41) is 12.1. The van der Waals surface area contributed by atoms with Gasteiger partial charge in [-0.05, 0) is 84.0 Å². The Kier molecular flexibility index (Phi) is 9.31. The Morgan fingerprint density at radius 3 is 2.55 bits per heavy atom. The zero-order chi connectivity index (χ0) is 33.0. The van der Waals surface area contributed by atoms with Gasteiger partial charge in [0.2, 0.25) is 0 Å². The third-order valence-corrected chi connectivity index (χ3v) is 8.62. The molecule has 4 N–H and O–H groups in total. The van der Waals surface area contributed by atoms with Crippen molar-refractivity contribution in [3.05, 3.63) is 132 Å². The quantitative estimate of drug-likeness (QED) is 0.0803. The minimum absolute atomic E-state index is 0.325. The lowest BCUT2D eigenvalue weighted by Crippen LogP contribution is -2.16. The molecule has 0 unspecified atom stereocenters. The highest BCUT2D eigenvalue weighted by Gasteiger charge is 2.17. The van der Waals surface area contributed by atoms with Crippen molar-refractivity contribution in [3.63, 3.8) is 0 Å². The van der Waals surface area contributed by atoms with E-state index in [4.69, 9.17) is 4.98 Å². The maximum absolute atomic E-state index is 14.8. The Bertz CT molecular complexity index is 2240. The SMILES string of the molecule is C=C/C(=C\C(=C/C)c1ccc2[nH]nc(-c3cc4c(-c5cc(F)cc(CNS(=C)(=C)C)c5)nccc4[nH]3)c2n1)CNCc1ccccc1. The van der Waals surface area contributed by atoms with Crippen LogP contribution in [0.4, 0.5) is 4.39 Å². The highest BCUT2D eigenvalue weighted by molar-refractivity contribution is 8.25. The Balaban J connectivity index is 1.30. The molecule has 0 amide bonds. The minimum atomic E-state index is -1.44. The topological polar surface area (TPSA) is 94.3 Å². The largest absolute Gasteiger partial charge is 0.353 e. The van der Waals surface area contributed by atoms with E-state index in [0.717, 1.165) is 56.6 Å². The van der Waals surface area contributed by atoms with Crippen molar-refractivity contribution in [1.29, 1.82) is 0 Å². The minimum Gasteiger partial charge on any atom is -0.353 e. The number of hydrogen-bond acceptors (Lipinski definition) is 5. The number of rotatable bonds is 12. The van der Waals surface area contributed by atoms with Gasteiger partial charge in [-0.25, -0.2) is 9.37 Å². The molecule has 4 aromatic heterocycles. The number of fused-ring (bicyclic) bond motifs is 2. The standard InChI is InChI=1S/C38H38FN7S/c1-6-25(22-40-23-26-11-9-8-10-12-26)17-28(7-2)32-13-14-34-37(44-32)38(46-45-34)35-21-31-33(43-35)15-16-41-36(31)29-18-27(19-30(39)20-29)24-42-47(3,4)5/h6-21,40,42-43H,1,3-4,22-24H2,2,5H3,(H,45,46)/b25-17+,28-7+. The summed E-state index contributed by atoms with van der Waals surface area (Å²) in [6.07, 6.45) is 9.71. The third-order valence-electron chi connectivity index (χ3n) is 7.78. The van der Waals surface area contributed by atoms with Gasteiger partial charge in [-0.15, -0.1) is 0 Å². The number of nitrogens with zero attached hydrogens (tertiary/aromatic N) is 3. The van der Waals surface area contributed by atoms with Crippen LogP contribution in [0.15, 0.2) is 109 Å². The van der Waals surface area contributed by atoms with Crippen molar-refractivity contribution in [1.82, 2.24) is 35.2 Å². The van der Waals surface area contributed by atoms with Crippen molar-refractivity contribution in [2.75, 3.05) is 12.8 Å². The molecule has 6 aromatic rings. The lowest BCUT2D eigenvalue weighted by molar-refractivity contribution is 0.625. The van der Waals surface area contributed by atoms with Crippen molar-refractivity contribution < 1.29 is 4.39 Å². The summed E-state index contributed by atoms with van der Waals surface area (Å²) < 4.78 is 18.1. The van der Waals surface area contributed by atoms with Crippen LogP contribution in [0.2, 0.25) is 0 Å². The second-order valence-corrected chi connectivity index (χ2v) is 14.5. The average Bonchev–Trinajstić information content (AvgIpc) is 3.69. The van der Waals surface area contributed by atoms with Gasteiger partial charge in [-0.3, -0.25) is 14.8 Å². The lowest BCUT2D eigenvalue weighted by Gasteiger charge is -2.12. The molecule has 0 fully saturated rings. The van der Waals surface area contributed by atoms with Crippen LogP contribution < -0.4 is 10.0 Å². The van der Waals surface area contributed by atoms with Crippen LogP contribution in [0.25, 0.3) is 50.2 Å². The van der Waals surface area contributed by atoms with Crippen LogP contribution in [0.3, 0.4) is 0 Å². The summed E-state index contributed by atoms with van der Waals surface area (Å²) >= 11 is 0. The molecule has 0 saturated carbocycles. The van der Waals surface area contributed by atoms with Crippen LogP contribution in [0, 0.1) is 5.82 Å². The van der Waals surface area contributed by atoms with E-state index in [0.29, 0.717) is 30.0 Å². The molecule has 0 atom stereocenters. The van der Waals surface area contributed by atoms with Gasteiger partial charge in [0.1, 0.15) is 17.0 Å². The molecule has 0 bridgehead atoms. The van der Waals surface area contributed by atoms with Gasteiger partial charge in [0.25, 0.3) is 0 Å². The number of nitrogens with one attached hydrogen (secondary N) is 4. The normalized spacial score (nSPS) is 12.7. The predicted molar refractivity (Wildman–Crippen MR) is 199 cm³/mol. The highest BCUT2D eigenvalue weighted by Crippen LogP contribution is 2.33. The molecule has 0 aliphatic heterocycles. The fourth-order valence-corrected chi connectivity index (χ4v) is 5.95. The molecule has 0 aliphatic carbocycles. The van der Waals surface area contributed by atoms with Gasteiger partial charge >= 0.3 is 0 Å². The zero-order valence-corrected chi connectivity index (χ0v) is 27.4. The molecule has 0 radical (unpaired) electrons. The molecule has 4 heterocycles. The van der Waals surface area contributed by atoms with Gasteiger partial charge in [-0.1, -0.05) is 60.8 Å². The molecule has 0 aliphatic rings. The summed E-state index contributed by atoms with van der Waals surface area (Å²) in [5.74, 6) is 7.79. The van der Waals surface area contributed by atoms with Gasteiger partial charge in [0.15, 0.2) is 0 Å². The van der Waals surface area contributed by atoms with E-state index in [-0.39, 0.29) is 5.82 Å². The third kappa shape index (κ3) is 7.49. The lowest BCUT2D eigenvalue weighted by atomic mass is 10.0. The molecular formula is C38H38FN7S. The molecule has 7 nitrogen and oxygen atoms in total. The maximum atomic E-state index is 14.8. The van der Waals surface area contributed by atoms with Gasteiger partial charge in [0.05, 0.1) is 22.6 Å². The van der Waals surface area contributed by atoms with E-state index >= 15 is 0 Å². The summed E-state index contributed by atoms with van der Waals surface area (Å²) in [6.45, 7) is 7.95. The maximum Gasteiger partial charge on any atom is 0.135 e. The molecule has 0 spiro atoms. The van der Waals surface area contributed by atoms with Crippen molar-refractivity contribution in [3.8, 4) is 22.6 Å². The van der Waals surface area contributed by atoms with E-state index in [1.165, 1.54) is 17.7 Å². The van der Waals surface area contributed by atoms with Gasteiger partial charge in [0, 0.05) is 42.3 Å². The van der Waals surface area contributed by atoms with Crippen molar-refractivity contribution >= 4 is 48.6 Å². The van der Waals surface area contributed by atoms with Crippen molar-refractivity contribution in [2.45, 2.75) is 20.0 Å². The fraction of sp³-hybridized carbons (Fsp3) is 0.132. The fourth-order valence-electron chi connectivity index (χ4n) is 5.44. The first kappa shape index (κ1) is 31.9. The number of hydrogen-bond donors (Lipinski definition) is 4. The van der Waals surface area contributed by atoms with Gasteiger partial charge in [-0.2, -0.15) is 14.5 Å². The number of benzene rings is 2. The van der Waals surface area contributed by atoms with E-state index in [2.05, 4.69) is 66.7 Å².